The summed E-state index contributed by atoms with van der Waals surface area (Å²) < 4.78 is 2.34. The van der Waals surface area contributed by atoms with Crippen molar-refractivity contribution in [3.8, 4) is 22.5 Å². The van der Waals surface area contributed by atoms with Crippen molar-refractivity contribution in [3.63, 3.8) is 0 Å². The van der Waals surface area contributed by atoms with Gasteiger partial charge in [0.05, 0.1) is 11.0 Å². The summed E-state index contributed by atoms with van der Waals surface area (Å²) in [5, 5.41) is 5.11. The van der Waals surface area contributed by atoms with E-state index in [2.05, 4.69) is 126 Å². The lowest BCUT2D eigenvalue weighted by Crippen LogP contribution is -2.01. The average Bonchev–Trinajstić information content (AvgIpc) is 3.32. The molecule has 0 saturated heterocycles. The first-order valence-corrected chi connectivity index (χ1v) is 12.2. The molecule has 5 aromatic carbocycles. The summed E-state index contributed by atoms with van der Waals surface area (Å²) in [6.45, 7) is 0. The van der Waals surface area contributed by atoms with Gasteiger partial charge < -0.3 is 0 Å². The molecule has 2 nitrogen and oxygen atoms in total. The Morgan fingerprint density at radius 1 is 0.657 bits per heavy atom. The van der Waals surface area contributed by atoms with Crippen LogP contribution in [0.5, 0.6) is 0 Å². The molecule has 0 bridgehead atoms. The second kappa shape index (κ2) is 8.11. The van der Waals surface area contributed by atoms with Crippen molar-refractivity contribution in [2.45, 2.75) is 12.8 Å². The predicted molar refractivity (Wildman–Crippen MR) is 148 cm³/mol. The molecular weight excluding hydrogens is 424 g/mol. The zero-order valence-corrected chi connectivity index (χ0v) is 19.4. The SMILES string of the molecule is C1=CCCC(n2c(-c3ccccc3)nc3cc(-c4cc5ccccc5c5ccccc45)ccc32)=C1. The topological polar surface area (TPSA) is 17.8 Å². The maximum absolute atomic E-state index is 5.18. The number of hydrogen-bond acceptors (Lipinski definition) is 1. The van der Waals surface area contributed by atoms with Crippen LogP contribution in [0, 0.1) is 0 Å². The zero-order valence-electron chi connectivity index (χ0n) is 19.4. The van der Waals surface area contributed by atoms with Crippen molar-refractivity contribution in [2.24, 2.45) is 0 Å². The Morgan fingerprint density at radius 3 is 2.26 bits per heavy atom. The van der Waals surface area contributed by atoms with E-state index < -0.39 is 0 Å². The van der Waals surface area contributed by atoms with Gasteiger partial charge in [-0.25, -0.2) is 4.98 Å². The van der Waals surface area contributed by atoms with Crippen molar-refractivity contribution >= 4 is 38.3 Å². The van der Waals surface area contributed by atoms with Gasteiger partial charge in [0.1, 0.15) is 5.82 Å². The molecule has 35 heavy (non-hydrogen) atoms. The summed E-state index contributed by atoms with van der Waals surface area (Å²) in [5.41, 5.74) is 7.04. The summed E-state index contributed by atoms with van der Waals surface area (Å²) >= 11 is 0. The van der Waals surface area contributed by atoms with Gasteiger partial charge in [-0.3, -0.25) is 4.57 Å². The van der Waals surface area contributed by atoms with Gasteiger partial charge in [-0.05, 0) is 69.8 Å². The van der Waals surface area contributed by atoms with Gasteiger partial charge in [-0.1, -0.05) is 97.1 Å². The van der Waals surface area contributed by atoms with E-state index in [-0.39, 0.29) is 0 Å². The highest BCUT2D eigenvalue weighted by Crippen LogP contribution is 2.37. The second-order valence-electron chi connectivity index (χ2n) is 9.16. The van der Waals surface area contributed by atoms with Crippen molar-refractivity contribution in [2.75, 3.05) is 0 Å². The number of hydrogen-bond donors (Lipinski definition) is 0. The lowest BCUT2D eigenvalue weighted by atomic mass is 9.93. The molecule has 6 aromatic rings. The lowest BCUT2D eigenvalue weighted by Gasteiger charge is -2.15. The monoisotopic (exact) mass is 448 g/mol. The van der Waals surface area contributed by atoms with Crippen LogP contribution in [0.1, 0.15) is 12.8 Å². The number of imidazole rings is 1. The van der Waals surface area contributed by atoms with Crippen LogP contribution in [0.4, 0.5) is 0 Å². The average molecular weight is 449 g/mol. The molecule has 0 amide bonds. The third-order valence-corrected chi connectivity index (χ3v) is 7.04. The van der Waals surface area contributed by atoms with E-state index in [4.69, 9.17) is 4.98 Å². The second-order valence-corrected chi connectivity index (χ2v) is 9.16. The highest BCUT2D eigenvalue weighted by atomic mass is 15.1. The molecule has 0 atom stereocenters. The van der Waals surface area contributed by atoms with E-state index >= 15 is 0 Å². The van der Waals surface area contributed by atoms with Crippen molar-refractivity contribution < 1.29 is 0 Å². The zero-order chi connectivity index (χ0) is 23.2. The maximum atomic E-state index is 5.18. The van der Waals surface area contributed by atoms with Crippen LogP contribution >= 0.6 is 0 Å². The third kappa shape index (κ3) is 3.30. The molecule has 0 saturated carbocycles. The smallest absolute Gasteiger partial charge is 0.145 e. The minimum Gasteiger partial charge on any atom is -0.296 e. The highest BCUT2D eigenvalue weighted by Gasteiger charge is 2.17. The number of fused-ring (bicyclic) bond motifs is 4. The minimum absolute atomic E-state index is 1.00. The molecule has 0 N–H and O–H groups in total. The van der Waals surface area contributed by atoms with Crippen LogP contribution in [0.3, 0.4) is 0 Å². The van der Waals surface area contributed by atoms with Gasteiger partial charge in [-0.2, -0.15) is 0 Å². The fourth-order valence-electron chi connectivity index (χ4n) is 5.39. The molecule has 0 aliphatic heterocycles. The molecule has 0 unspecified atom stereocenters. The summed E-state index contributed by atoms with van der Waals surface area (Å²) in [5.74, 6) is 1.00. The Morgan fingerprint density at radius 2 is 1.43 bits per heavy atom. The lowest BCUT2D eigenvalue weighted by molar-refractivity contribution is 0.960. The van der Waals surface area contributed by atoms with Crippen LogP contribution in [0.25, 0.3) is 60.8 Å². The molecule has 0 fully saturated rings. The van der Waals surface area contributed by atoms with Gasteiger partial charge in [0.25, 0.3) is 0 Å². The summed E-state index contributed by atoms with van der Waals surface area (Å²) in [4.78, 5) is 5.18. The first-order chi connectivity index (χ1) is 17.4. The molecule has 1 aliphatic rings. The Balaban J connectivity index is 1.49. The largest absolute Gasteiger partial charge is 0.296 e. The predicted octanol–water partition coefficient (Wildman–Crippen LogP) is 8.87. The highest BCUT2D eigenvalue weighted by molar-refractivity contribution is 6.14. The molecule has 2 heteroatoms. The van der Waals surface area contributed by atoms with Gasteiger partial charge in [0.2, 0.25) is 0 Å². The van der Waals surface area contributed by atoms with Crippen LogP contribution < -0.4 is 0 Å². The van der Waals surface area contributed by atoms with Crippen LogP contribution in [0.2, 0.25) is 0 Å². The van der Waals surface area contributed by atoms with Crippen LogP contribution in [-0.4, -0.2) is 9.55 Å². The van der Waals surface area contributed by atoms with E-state index in [0.29, 0.717) is 0 Å². The van der Waals surface area contributed by atoms with Crippen molar-refractivity contribution in [3.05, 3.63) is 121 Å². The van der Waals surface area contributed by atoms with E-state index in [1.165, 1.54) is 38.4 Å². The summed E-state index contributed by atoms with van der Waals surface area (Å²) in [6, 6.07) is 37.0. The molecule has 1 aliphatic carbocycles. The van der Waals surface area contributed by atoms with Crippen LogP contribution in [-0.2, 0) is 0 Å². The number of allylic oxidation sites excluding steroid dienone is 4. The van der Waals surface area contributed by atoms with Gasteiger partial charge >= 0.3 is 0 Å². The van der Waals surface area contributed by atoms with E-state index in [0.717, 1.165) is 35.3 Å². The van der Waals surface area contributed by atoms with E-state index in [1.807, 2.05) is 0 Å². The Bertz CT molecular complexity index is 1790. The first-order valence-electron chi connectivity index (χ1n) is 12.2. The maximum Gasteiger partial charge on any atom is 0.145 e. The Labute approximate surface area is 204 Å². The standard InChI is InChI=1S/C33H24N2/c1-3-11-23(12-4-1)33-34-31-22-25(19-20-32(31)35(33)26-14-5-2-6-15-26)30-21-24-13-7-8-16-27(24)28-17-9-10-18-29(28)30/h1-5,7-14,16-22H,6,15H2. The molecule has 1 aromatic heterocycles. The van der Waals surface area contributed by atoms with Gasteiger partial charge in [0, 0.05) is 11.3 Å². The van der Waals surface area contributed by atoms with Crippen molar-refractivity contribution in [1.29, 1.82) is 0 Å². The molecule has 0 radical (unpaired) electrons. The fraction of sp³-hybridized carbons (Fsp3) is 0.0606. The number of rotatable bonds is 3. The minimum atomic E-state index is 1.00. The van der Waals surface area contributed by atoms with E-state index in [9.17, 15) is 0 Å². The fourth-order valence-corrected chi connectivity index (χ4v) is 5.39. The van der Waals surface area contributed by atoms with Gasteiger partial charge in [-0.15, -0.1) is 0 Å². The molecule has 166 valence electrons. The number of benzene rings is 5. The summed E-state index contributed by atoms with van der Waals surface area (Å²) in [7, 11) is 0. The number of nitrogens with zero attached hydrogens (tertiary/aromatic N) is 2. The normalized spacial score (nSPS) is 13.5. The van der Waals surface area contributed by atoms with Crippen LogP contribution in [0.15, 0.2) is 121 Å². The Hall–Kier alpha value is -4.43. The molecule has 0 spiro atoms. The quantitative estimate of drug-likeness (QED) is 0.247. The summed E-state index contributed by atoms with van der Waals surface area (Å²) in [6.07, 6.45) is 8.68. The molecule has 7 rings (SSSR count). The third-order valence-electron chi connectivity index (χ3n) is 7.04. The Kier molecular flexibility index (Phi) is 4.63. The first kappa shape index (κ1) is 20.0. The van der Waals surface area contributed by atoms with E-state index in [1.54, 1.807) is 0 Å². The molecular formula is C33H24N2. The molecule has 1 heterocycles. The van der Waals surface area contributed by atoms with Crippen molar-refractivity contribution in [1.82, 2.24) is 9.55 Å². The van der Waals surface area contributed by atoms with Gasteiger partial charge in [0.15, 0.2) is 0 Å². The number of aromatic nitrogens is 2.